The van der Waals surface area contributed by atoms with E-state index in [0.717, 1.165) is 23.3 Å². The van der Waals surface area contributed by atoms with E-state index in [4.69, 9.17) is 10.3 Å². The van der Waals surface area contributed by atoms with Crippen molar-refractivity contribution in [3.8, 4) is 11.1 Å². The molecule has 20 heavy (non-hydrogen) atoms. The fourth-order valence-electron chi connectivity index (χ4n) is 3.57. The van der Waals surface area contributed by atoms with Gasteiger partial charge in [0.1, 0.15) is 0 Å². The van der Waals surface area contributed by atoms with Crippen molar-refractivity contribution in [3.63, 3.8) is 0 Å². The van der Waals surface area contributed by atoms with Crippen LogP contribution in [0, 0.1) is 6.92 Å². The largest absolute Gasteiger partial charge is 0.380 e. The Labute approximate surface area is 120 Å². The van der Waals surface area contributed by atoms with Crippen molar-refractivity contribution in [2.75, 3.05) is 5.73 Å². The van der Waals surface area contributed by atoms with Gasteiger partial charge in [-0.2, -0.15) is 0 Å². The maximum absolute atomic E-state index is 6.12. The highest BCUT2D eigenvalue weighted by Crippen LogP contribution is 2.48. The molecule has 1 aliphatic rings. The first-order valence-corrected chi connectivity index (χ1v) is 7.49. The van der Waals surface area contributed by atoms with Crippen LogP contribution < -0.4 is 5.73 Å². The Hall–Kier alpha value is -1.77. The van der Waals surface area contributed by atoms with Gasteiger partial charge < -0.3 is 10.3 Å². The molecule has 0 saturated heterocycles. The van der Waals surface area contributed by atoms with Crippen LogP contribution in [0.3, 0.4) is 0 Å². The van der Waals surface area contributed by atoms with Crippen LogP contribution in [0.4, 0.5) is 5.82 Å². The molecule has 1 saturated carbocycles. The highest BCUT2D eigenvalue weighted by molar-refractivity contribution is 5.78. The molecule has 1 heterocycles. The Kier molecular flexibility index (Phi) is 3.28. The first-order valence-electron chi connectivity index (χ1n) is 7.49. The summed E-state index contributed by atoms with van der Waals surface area (Å²) in [6.45, 7) is 4.35. The Balaban J connectivity index is 2.18. The smallest absolute Gasteiger partial charge is 0.175 e. The van der Waals surface area contributed by atoms with Crippen LogP contribution in [0.2, 0.25) is 0 Å². The van der Waals surface area contributed by atoms with E-state index in [1.807, 2.05) is 12.1 Å². The fraction of sp³-hybridized carbons (Fsp3) is 0.471. The number of nitrogen functional groups attached to an aromatic ring is 1. The molecule has 2 aromatic rings. The Bertz CT molecular complexity index is 609. The average Bonchev–Trinajstić information content (AvgIpc) is 3.07. The highest BCUT2D eigenvalue weighted by atomic mass is 16.5. The number of hydrogen-bond donors (Lipinski definition) is 1. The second-order valence-electron chi connectivity index (χ2n) is 5.93. The number of aromatic nitrogens is 1. The lowest BCUT2D eigenvalue weighted by molar-refractivity contribution is 0.284. The summed E-state index contributed by atoms with van der Waals surface area (Å²) >= 11 is 0. The van der Waals surface area contributed by atoms with Gasteiger partial charge in [0.25, 0.3) is 0 Å². The molecule has 0 amide bonds. The number of aryl methyl sites for hydroxylation is 1. The zero-order valence-electron chi connectivity index (χ0n) is 12.3. The number of nitrogens with zero attached hydrogens (tertiary/aromatic N) is 1. The molecule has 106 valence electrons. The van der Waals surface area contributed by atoms with Crippen molar-refractivity contribution in [2.45, 2.75) is 51.4 Å². The van der Waals surface area contributed by atoms with E-state index in [0.29, 0.717) is 5.82 Å². The lowest BCUT2D eigenvalue weighted by atomic mass is 9.78. The van der Waals surface area contributed by atoms with E-state index in [9.17, 15) is 0 Å². The third-order valence-electron chi connectivity index (χ3n) is 4.85. The van der Waals surface area contributed by atoms with Crippen LogP contribution in [0.5, 0.6) is 0 Å². The summed E-state index contributed by atoms with van der Waals surface area (Å²) in [6.07, 6.45) is 5.97. The summed E-state index contributed by atoms with van der Waals surface area (Å²) in [5, 5.41) is 4.07. The summed E-state index contributed by atoms with van der Waals surface area (Å²) in [4.78, 5) is 0. The molecule has 1 fully saturated rings. The van der Waals surface area contributed by atoms with Crippen LogP contribution in [-0.2, 0) is 5.41 Å². The van der Waals surface area contributed by atoms with E-state index in [2.05, 4.69) is 31.1 Å². The van der Waals surface area contributed by atoms with Gasteiger partial charge in [-0.25, -0.2) is 0 Å². The quantitative estimate of drug-likeness (QED) is 0.896. The molecule has 3 rings (SSSR count). The maximum Gasteiger partial charge on any atom is 0.175 e. The maximum atomic E-state index is 6.12. The Morgan fingerprint density at radius 3 is 2.60 bits per heavy atom. The summed E-state index contributed by atoms with van der Waals surface area (Å²) < 4.78 is 5.71. The van der Waals surface area contributed by atoms with Crippen molar-refractivity contribution in [1.82, 2.24) is 5.16 Å². The van der Waals surface area contributed by atoms with Crippen molar-refractivity contribution in [3.05, 3.63) is 35.6 Å². The Morgan fingerprint density at radius 1 is 1.25 bits per heavy atom. The van der Waals surface area contributed by atoms with Crippen LogP contribution in [0.25, 0.3) is 11.1 Å². The van der Waals surface area contributed by atoms with Gasteiger partial charge in [-0.1, -0.05) is 49.2 Å². The standard InChI is InChI=1S/C17H22N2O/c1-3-17(10-6-7-11-17)15-14(16(18)19-20-15)13-9-5-4-8-12(13)2/h4-5,8-9H,3,6-7,10-11H2,1-2H3,(H2,18,19). The van der Waals surface area contributed by atoms with Gasteiger partial charge in [0.2, 0.25) is 0 Å². The molecule has 0 aliphatic heterocycles. The van der Waals surface area contributed by atoms with E-state index < -0.39 is 0 Å². The van der Waals surface area contributed by atoms with Gasteiger partial charge >= 0.3 is 0 Å². The first kappa shape index (κ1) is 13.2. The number of anilines is 1. The van der Waals surface area contributed by atoms with Crippen molar-refractivity contribution >= 4 is 5.82 Å². The lowest BCUT2D eigenvalue weighted by Crippen LogP contribution is -2.21. The minimum absolute atomic E-state index is 0.127. The van der Waals surface area contributed by atoms with Crippen LogP contribution in [-0.4, -0.2) is 5.16 Å². The molecular formula is C17H22N2O. The van der Waals surface area contributed by atoms with Gasteiger partial charge in [-0.05, 0) is 37.3 Å². The van der Waals surface area contributed by atoms with E-state index in [-0.39, 0.29) is 5.41 Å². The predicted octanol–water partition coefficient (Wildman–Crippen LogP) is 4.45. The molecule has 0 radical (unpaired) electrons. The van der Waals surface area contributed by atoms with Gasteiger partial charge in [0, 0.05) is 5.41 Å². The minimum Gasteiger partial charge on any atom is -0.380 e. The molecule has 1 aliphatic carbocycles. The van der Waals surface area contributed by atoms with Crippen molar-refractivity contribution in [1.29, 1.82) is 0 Å². The highest BCUT2D eigenvalue weighted by Gasteiger charge is 2.40. The summed E-state index contributed by atoms with van der Waals surface area (Å²) in [5.74, 6) is 1.53. The molecule has 3 heteroatoms. The molecule has 0 atom stereocenters. The van der Waals surface area contributed by atoms with Gasteiger partial charge in [-0.15, -0.1) is 0 Å². The average molecular weight is 270 g/mol. The normalized spacial score (nSPS) is 17.5. The lowest BCUT2D eigenvalue weighted by Gasteiger charge is -2.25. The topological polar surface area (TPSA) is 52.0 Å². The van der Waals surface area contributed by atoms with Gasteiger partial charge in [0.15, 0.2) is 11.6 Å². The Morgan fingerprint density at radius 2 is 1.95 bits per heavy atom. The molecular weight excluding hydrogens is 248 g/mol. The number of rotatable bonds is 3. The third-order valence-corrected chi connectivity index (χ3v) is 4.85. The first-order chi connectivity index (χ1) is 9.68. The molecule has 0 unspecified atom stereocenters. The van der Waals surface area contributed by atoms with Crippen LogP contribution in [0.1, 0.15) is 50.4 Å². The van der Waals surface area contributed by atoms with Crippen LogP contribution >= 0.6 is 0 Å². The predicted molar refractivity (Wildman–Crippen MR) is 81.5 cm³/mol. The minimum atomic E-state index is 0.127. The van der Waals surface area contributed by atoms with Crippen LogP contribution in [0.15, 0.2) is 28.8 Å². The molecule has 1 aromatic carbocycles. The number of hydrogen-bond acceptors (Lipinski definition) is 3. The zero-order valence-corrected chi connectivity index (χ0v) is 12.3. The SMILES string of the molecule is CCC1(c2onc(N)c2-c2ccccc2C)CCCC1. The molecule has 0 spiro atoms. The fourth-order valence-corrected chi connectivity index (χ4v) is 3.57. The third kappa shape index (κ3) is 1.92. The molecule has 0 bridgehead atoms. The second kappa shape index (κ2) is 4.97. The monoisotopic (exact) mass is 270 g/mol. The summed E-state index contributed by atoms with van der Waals surface area (Å²) in [7, 11) is 0. The summed E-state index contributed by atoms with van der Waals surface area (Å²) in [6, 6.07) is 8.32. The van der Waals surface area contributed by atoms with Gasteiger partial charge in [0.05, 0.1) is 5.56 Å². The zero-order chi connectivity index (χ0) is 14.2. The number of nitrogens with two attached hydrogens (primary N) is 1. The molecule has 2 N–H and O–H groups in total. The van der Waals surface area contributed by atoms with Crippen molar-refractivity contribution < 1.29 is 4.52 Å². The van der Waals surface area contributed by atoms with E-state index in [1.165, 1.54) is 31.2 Å². The van der Waals surface area contributed by atoms with Gasteiger partial charge in [-0.3, -0.25) is 0 Å². The van der Waals surface area contributed by atoms with E-state index in [1.54, 1.807) is 0 Å². The van der Waals surface area contributed by atoms with E-state index >= 15 is 0 Å². The number of benzene rings is 1. The second-order valence-corrected chi connectivity index (χ2v) is 5.93. The summed E-state index contributed by atoms with van der Waals surface area (Å²) in [5.41, 5.74) is 9.64. The molecule has 3 nitrogen and oxygen atoms in total. The van der Waals surface area contributed by atoms with Crippen molar-refractivity contribution in [2.24, 2.45) is 0 Å². The molecule has 1 aromatic heterocycles.